The Morgan fingerprint density at radius 2 is 2.03 bits per heavy atom. The highest BCUT2D eigenvalue weighted by Gasteiger charge is 2.28. The van der Waals surface area contributed by atoms with E-state index in [0.717, 1.165) is 24.1 Å². The van der Waals surface area contributed by atoms with Crippen LogP contribution in [0, 0.1) is 6.92 Å². The van der Waals surface area contributed by atoms with Gasteiger partial charge in [0.05, 0.1) is 16.6 Å². The molecule has 1 fully saturated rings. The van der Waals surface area contributed by atoms with Crippen molar-refractivity contribution in [3.63, 3.8) is 0 Å². The van der Waals surface area contributed by atoms with Crippen LogP contribution in [-0.2, 0) is 11.2 Å². The van der Waals surface area contributed by atoms with Crippen LogP contribution in [0.25, 0.3) is 16.6 Å². The van der Waals surface area contributed by atoms with Gasteiger partial charge in [0.15, 0.2) is 0 Å². The first kappa shape index (κ1) is 19.1. The molecule has 1 saturated carbocycles. The number of para-hydroxylation sites is 1. The van der Waals surface area contributed by atoms with Crippen LogP contribution in [0.3, 0.4) is 0 Å². The van der Waals surface area contributed by atoms with E-state index in [4.69, 9.17) is 4.98 Å². The fraction of sp³-hybridized carbons (Fsp3) is 0.273. The van der Waals surface area contributed by atoms with Crippen LogP contribution in [-0.4, -0.2) is 35.7 Å². The van der Waals surface area contributed by atoms with Gasteiger partial charge in [0, 0.05) is 24.6 Å². The predicted octanol–water partition coefficient (Wildman–Crippen LogP) is 2.59. The van der Waals surface area contributed by atoms with Crippen molar-refractivity contribution in [2.45, 2.75) is 38.6 Å². The van der Waals surface area contributed by atoms with Gasteiger partial charge in [-0.2, -0.15) is 0 Å². The molecule has 0 saturated heterocycles. The van der Waals surface area contributed by atoms with Crippen molar-refractivity contribution in [2.75, 3.05) is 5.32 Å². The smallest absolute Gasteiger partial charge is 0.261 e. The maximum absolute atomic E-state index is 12.9. The zero-order valence-electron chi connectivity index (χ0n) is 17.0. The SMILES string of the molecule is Cc1cc(NC(=O)CCc2nc3ccccc3c(=O)n2C2CC2)ccc1-n1cnnn1. The van der Waals surface area contributed by atoms with Gasteiger partial charge in [-0.25, -0.2) is 9.67 Å². The zero-order chi connectivity index (χ0) is 21.4. The molecule has 156 valence electrons. The molecule has 0 radical (unpaired) electrons. The monoisotopic (exact) mass is 415 g/mol. The van der Waals surface area contributed by atoms with E-state index in [2.05, 4.69) is 20.8 Å². The van der Waals surface area contributed by atoms with Crippen LogP contribution < -0.4 is 10.9 Å². The van der Waals surface area contributed by atoms with Crippen molar-refractivity contribution in [2.24, 2.45) is 0 Å². The second kappa shape index (κ2) is 7.75. The minimum Gasteiger partial charge on any atom is -0.326 e. The molecule has 2 aromatic carbocycles. The van der Waals surface area contributed by atoms with Gasteiger partial charge in [-0.1, -0.05) is 12.1 Å². The average Bonchev–Trinajstić information content (AvgIpc) is 3.45. The van der Waals surface area contributed by atoms with Crippen molar-refractivity contribution in [3.05, 3.63) is 70.5 Å². The molecule has 2 heterocycles. The van der Waals surface area contributed by atoms with Gasteiger partial charge in [-0.05, 0) is 66.1 Å². The van der Waals surface area contributed by atoms with Crippen LogP contribution in [0.2, 0.25) is 0 Å². The summed E-state index contributed by atoms with van der Waals surface area (Å²) in [6.07, 6.45) is 4.13. The number of hydrogen-bond acceptors (Lipinski definition) is 6. The lowest BCUT2D eigenvalue weighted by molar-refractivity contribution is -0.116. The van der Waals surface area contributed by atoms with E-state index in [1.54, 1.807) is 15.3 Å². The molecular formula is C22H21N7O2. The van der Waals surface area contributed by atoms with Crippen LogP contribution in [0.5, 0.6) is 0 Å². The molecule has 1 aliphatic rings. The highest BCUT2D eigenvalue weighted by atomic mass is 16.1. The summed E-state index contributed by atoms with van der Waals surface area (Å²) < 4.78 is 3.35. The van der Waals surface area contributed by atoms with Crippen LogP contribution >= 0.6 is 0 Å². The Bertz CT molecular complexity index is 1320. The van der Waals surface area contributed by atoms with Gasteiger partial charge in [0.25, 0.3) is 5.56 Å². The number of amides is 1. The van der Waals surface area contributed by atoms with E-state index >= 15 is 0 Å². The number of anilines is 1. The summed E-state index contributed by atoms with van der Waals surface area (Å²) in [6, 6.07) is 13.1. The summed E-state index contributed by atoms with van der Waals surface area (Å²) in [5.41, 5.74) is 3.14. The summed E-state index contributed by atoms with van der Waals surface area (Å²) in [4.78, 5) is 30.2. The standard InChI is InChI=1S/C22H21N7O2/c1-14-12-15(6-9-19(14)28-13-23-26-27-28)24-21(30)11-10-20-25-18-5-3-2-4-17(18)22(31)29(20)16-7-8-16/h2-6,9,12-13,16H,7-8,10-11H2,1H3,(H,24,30). The van der Waals surface area contributed by atoms with Gasteiger partial charge in [0.1, 0.15) is 12.2 Å². The molecule has 5 rings (SSSR count). The number of benzene rings is 2. The van der Waals surface area contributed by atoms with Gasteiger partial charge in [-0.3, -0.25) is 14.2 Å². The summed E-state index contributed by atoms with van der Waals surface area (Å²) in [6.45, 7) is 1.93. The average molecular weight is 415 g/mol. The topological polar surface area (TPSA) is 108 Å². The molecule has 0 aliphatic heterocycles. The highest BCUT2D eigenvalue weighted by Crippen LogP contribution is 2.35. The number of carbonyl (C=O) groups excluding carboxylic acids is 1. The Kier molecular flexibility index (Phi) is 4.78. The minimum atomic E-state index is -0.126. The van der Waals surface area contributed by atoms with Crippen LogP contribution in [0.4, 0.5) is 5.69 Å². The molecule has 1 aliphatic carbocycles. The number of aryl methyl sites for hydroxylation is 2. The zero-order valence-corrected chi connectivity index (χ0v) is 17.0. The highest BCUT2D eigenvalue weighted by molar-refractivity contribution is 5.91. The lowest BCUT2D eigenvalue weighted by Crippen LogP contribution is -2.25. The molecule has 4 aromatic rings. The summed E-state index contributed by atoms with van der Waals surface area (Å²) in [5.74, 6) is 0.547. The summed E-state index contributed by atoms with van der Waals surface area (Å²) in [5, 5.41) is 14.7. The molecule has 2 aromatic heterocycles. The quantitative estimate of drug-likeness (QED) is 0.519. The number of nitrogens with zero attached hydrogens (tertiary/aromatic N) is 6. The van der Waals surface area contributed by atoms with Crippen molar-refractivity contribution in [1.82, 2.24) is 29.8 Å². The van der Waals surface area contributed by atoms with E-state index in [1.165, 1.54) is 6.33 Å². The molecule has 1 amide bonds. The number of fused-ring (bicyclic) bond motifs is 1. The third kappa shape index (κ3) is 3.81. The van der Waals surface area contributed by atoms with Gasteiger partial charge >= 0.3 is 0 Å². The van der Waals surface area contributed by atoms with Crippen molar-refractivity contribution in [3.8, 4) is 5.69 Å². The second-order valence-corrected chi connectivity index (χ2v) is 7.76. The van der Waals surface area contributed by atoms with E-state index in [1.807, 2.05) is 43.3 Å². The number of carbonyl (C=O) groups is 1. The fourth-order valence-corrected chi connectivity index (χ4v) is 3.79. The predicted molar refractivity (Wildman–Crippen MR) is 115 cm³/mol. The maximum Gasteiger partial charge on any atom is 0.261 e. The molecule has 1 N–H and O–H groups in total. The Hall–Kier alpha value is -3.88. The third-order valence-electron chi connectivity index (χ3n) is 5.44. The normalized spacial score (nSPS) is 13.5. The van der Waals surface area contributed by atoms with E-state index in [0.29, 0.717) is 28.8 Å². The first-order valence-electron chi connectivity index (χ1n) is 10.2. The number of rotatable bonds is 6. The first-order valence-corrected chi connectivity index (χ1v) is 10.2. The van der Waals surface area contributed by atoms with Crippen molar-refractivity contribution >= 4 is 22.5 Å². The molecule has 0 atom stereocenters. The second-order valence-electron chi connectivity index (χ2n) is 7.76. The molecule has 31 heavy (non-hydrogen) atoms. The number of hydrogen-bond donors (Lipinski definition) is 1. The van der Waals surface area contributed by atoms with E-state index < -0.39 is 0 Å². The number of nitrogens with one attached hydrogen (secondary N) is 1. The molecule has 0 unspecified atom stereocenters. The number of tetrazole rings is 1. The van der Waals surface area contributed by atoms with Crippen LogP contribution in [0.1, 0.15) is 36.7 Å². The number of aromatic nitrogens is 6. The van der Waals surface area contributed by atoms with Gasteiger partial charge in [-0.15, -0.1) is 5.10 Å². The third-order valence-corrected chi connectivity index (χ3v) is 5.44. The van der Waals surface area contributed by atoms with Crippen molar-refractivity contribution in [1.29, 1.82) is 0 Å². The van der Waals surface area contributed by atoms with E-state index in [-0.39, 0.29) is 23.9 Å². The van der Waals surface area contributed by atoms with Crippen molar-refractivity contribution < 1.29 is 4.79 Å². The summed E-state index contributed by atoms with van der Waals surface area (Å²) in [7, 11) is 0. The van der Waals surface area contributed by atoms with E-state index in [9.17, 15) is 9.59 Å². The first-order chi connectivity index (χ1) is 15.1. The Balaban J connectivity index is 1.32. The Morgan fingerprint density at radius 1 is 1.19 bits per heavy atom. The molecule has 9 heteroatoms. The Labute approximate surface area is 177 Å². The molecular weight excluding hydrogens is 394 g/mol. The largest absolute Gasteiger partial charge is 0.326 e. The summed E-state index contributed by atoms with van der Waals surface area (Å²) >= 11 is 0. The fourth-order valence-electron chi connectivity index (χ4n) is 3.79. The molecule has 0 bridgehead atoms. The van der Waals surface area contributed by atoms with Crippen LogP contribution in [0.15, 0.2) is 53.6 Å². The van der Waals surface area contributed by atoms with Gasteiger partial charge in [0.2, 0.25) is 5.91 Å². The Morgan fingerprint density at radius 3 is 2.77 bits per heavy atom. The molecule has 9 nitrogen and oxygen atoms in total. The molecule has 0 spiro atoms. The lowest BCUT2D eigenvalue weighted by atomic mass is 10.1. The van der Waals surface area contributed by atoms with Gasteiger partial charge < -0.3 is 5.32 Å². The minimum absolute atomic E-state index is 0.0164. The maximum atomic E-state index is 12.9. The lowest BCUT2D eigenvalue weighted by Gasteiger charge is -2.13.